The molecule has 1 unspecified atom stereocenters. The molecule has 44 heavy (non-hydrogen) atoms. The molecule has 0 aromatic carbocycles. The molecule has 238 valence electrons. The number of epoxide rings is 1. The van der Waals surface area contributed by atoms with Crippen LogP contribution in [0, 0.1) is 40.4 Å². The molecule has 1 aromatic rings. The van der Waals surface area contributed by atoms with Gasteiger partial charge in [0.15, 0.2) is 17.4 Å². The third-order valence-corrected chi connectivity index (χ3v) is 12.9. The van der Waals surface area contributed by atoms with E-state index < -0.39 is 17.1 Å². The van der Waals surface area contributed by atoms with Crippen molar-refractivity contribution in [3.63, 3.8) is 0 Å². The van der Waals surface area contributed by atoms with E-state index in [9.17, 15) is 19.8 Å². The zero-order valence-electron chi connectivity index (χ0n) is 26.7. The molecule has 6 aliphatic rings. The Morgan fingerprint density at radius 3 is 2.48 bits per heavy atom. The van der Waals surface area contributed by atoms with Gasteiger partial charge in [0.05, 0.1) is 47.8 Å². The Balaban J connectivity index is 1.16. The number of aliphatic hydroxyl groups excluding tert-OH is 2. The molecule has 4 fully saturated rings. The summed E-state index contributed by atoms with van der Waals surface area (Å²) in [4.78, 5) is 36.2. The standard InChI is InChI=1S/C35H46N2O7/c1-17(2)42-20-14-36-31(37-15-20)22-12-28(39)35-29(44-35)13-21-25-8-7-24(19(4)27-11-18(3)23(16-38)32(41)43-27)33(25,5)10-9-26(21)34(35,6)30(22)40/h12,14-15,17,19,21,24-29,38-39H,7-11,13,16H2,1-6H3/t19-,21-,24+,25-,26-,27?,28-,29+,33+,34-,35+/m0/s1. The first-order valence-electron chi connectivity index (χ1n) is 16.5. The lowest BCUT2D eigenvalue weighted by atomic mass is 9.43. The Bertz CT molecular complexity index is 1440. The Labute approximate surface area is 259 Å². The highest BCUT2D eigenvalue weighted by Gasteiger charge is 2.81. The number of carbonyl (C=O) groups is 2. The van der Waals surface area contributed by atoms with Gasteiger partial charge in [-0.25, -0.2) is 14.8 Å². The number of aromatic nitrogens is 2. The van der Waals surface area contributed by atoms with Crippen molar-refractivity contribution < 1.29 is 34.0 Å². The van der Waals surface area contributed by atoms with Gasteiger partial charge in [-0.3, -0.25) is 4.79 Å². The minimum Gasteiger partial charge on any atom is -0.488 e. The van der Waals surface area contributed by atoms with Gasteiger partial charge in [-0.1, -0.05) is 19.4 Å². The third-order valence-electron chi connectivity index (χ3n) is 12.9. The highest BCUT2D eigenvalue weighted by atomic mass is 16.6. The van der Waals surface area contributed by atoms with E-state index in [1.807, 2.05) is 27.7 Å². The fraction of sp³-hybridized carbons (Fsp3) is 0.714. The summed E-state index contributed by atoms with van der Waals surface area (Å²) >= 11 is 0. The number of hydrogen-bond acceptors (Lipinski definition) is 9. The van der Waals surface area contributed by atoms with Crippen LogP contribution in [0.3, 0.4) is 0 Å². The lowest BCUT2D eigenvalue weighted by Crippen LogP contribution is -2.64. The molecule has 2 N–H and O–H groups in total. The predicted molar refractivity (Wildman–Crippen MR) is 161 cm³/mol. The van der Waals surface area contributed by atoms with Gasteiger partial charge >= 0.3 is 5.97 Å². The lowest BCUT2D eigenvalue weighted by Gasteiger charge is -2.58. The zero-order valence-corrected chi connectivity index (χ0v) is 26.7. The van der Waals surface area contributed by atoms with Crippen molar-refractivity contribution in [1.29, 1.82) is 0 Å². The molecule has 1 spiro atoms. The summed E-state index contributed by atoms with van der Waals surface area (Å²) in [5, 5.41) is 21.2. The summed E-state index contributed by atoms with van der Waals surface area (Å²) < 4.78 is 18.0. The second kappa shape index (κ2) is 10.2. The highest BCUT2D eigenvalue weighted by Crippen LogP contribution is 2.73. The minimum atomic E-state index is -0.910. The molecule has 2 aliphatic heterocycles. The van der Waals surface area contributed by atoms with Gasteiger partial charge in [0, 0.05) is 6.42 Å². The fourth-order valence-corrected chi connectivity index (χ4v) is 10.8. The lowest BCUT2D eigenvalue weighted by molar-refractivity contribution is -0.155. The van der Waals surface area contributed by atoms with Crippen LogP contribution in [0.2, 0.25) is 0 Å². The summed E-state index contributed by atoms with van der Waals surface area (Å²) in [6, 6.07) is 0. The molecule has 9 heteroatoms. The molecule has 3 saturated carbocycles. The molecule has 11 atom stereocenters. The van der Waals surface area contributed by atoms with Gasteiger partial charge < -0.3 is 24.4 Å². The number of nitrogens with zero attached hydrogens (tertiary/aromatic N) is 2. The number of Topliss-reactive ketones (excluding diaryl/α,β-unsaturated/α-hetero) is 1. The zero-order chi connectivity index (χ0) is 31.3. The van der Waals surface area contributed by atoms with Crippen molar-refractivity contribution in [3.05, 3.63) is 35.4 Å². The maximum Gasteiger partial charge on any atom is 0.336 e. The maximum atomic E-state index is 14.6. The van der Waals surface area contributed by atoms with Crippen LogP contribution in [0.25, 0.3) is 5.57 Å². The number of aliphatic hydroxyl groups is 2. The number of hydrogen-bond donors (Lipinski definition) is 2. The molecular formula is C35H46N2O7. The van der Waals surface area contributed by atoms with Crippen LogP contribution < -0.4 is 4.74 Å². The predicted octanol–water partition coefficient (Wildman–Crippen LogP) is 4.46. The van der Waals surface area contributed by atoms with Crippen LogP contribution in [0.1, 0.15) is 85.9 Å². The molecule has 0 amide bonds. The number of ketones is 1. The number of ether oxygens (including phenoxy) is 3. The largest absolute Gasteiger partial charge is 0.488 e. The molecular weight excluding hydrogens is 560 g/mol. The SMILES string of the molecule is CC1=C(CO)C(=O)OC([C@@H](C)[C@H]2CC[C@H]3[C@@H]4C[C@H]5O[C@]56[C@@H](O)C=C(c5ncc(OC(C)C)cn5)C(=O)[C@]6(C)[C@H]4CC[C@]23C)C1. The van der Waals surface area contributed by atoms with Gasteiger partial charge in [0.25, 0.3) is 0 Å². The second-order valence-electron chi connectivity index (χ2n) is 15.1. The normalized spacial score (nSPS) is 43.4. The van der Waals surface area contributed by atoms with Crippen molar-refractivity contribution in [2.75, 3.05) is 6.61 Å². The number of fused-ring (bicyclic) bond motifs is 4. The van der Waals surface area contributed by atoms with Crippen molar-refractivity contribution in [3.8, 4) is 5.75 Å². The summed E-state index contributed by atoms with van der Waals surface area (Å²) in [6.07, 6.45) is 9.02. The second-order valence-corrected chi connectivity index (χ2v) is 15.1. The molecule has 4 aliphatic carbocycles. The Hall–Kier alpha value is -2.62. The summed E-state index contributed by atoms with van der Waals surface area (Å²) in [5.41, 5.74) is -0.0295. The molecule has 3 heterocycles. The van der Waals surface area contributed by atoms with Crippen molar-refractivity contribution in [1.82, 2.24) is 9.97 Å². The summed E-state index contributed by atoms with van der Waals surface area (Å²) in [7, 11) is 0. The number of carbonyl (C=O) groups excluding carboxylic acids is 2. The van der Waals surface area contributed by atoms with Crippen LogP contribution in [0.4, 0.5) is 0 Å². The van der Waals surface area contributed by atoms with E-state index in [0.29, 0.717) is 46.9 Å². The molecule has 1 aromatic heterocycles. The third kappa shape index (κ3) is 4.00. The average Bonchev–Trinajstić information content (AvgIpc) is 3.62. The van der Waals surface area contributed by atoms with E-state index in [-0.39, 0.29) is 53.9 Å². The van der Waals surface area contributed by atoms with E-state index in [2.05, 4.69) is 23.8 Å². The van der Waals surface area contributed by atoms with Crippen molar-refractivity contribution >= 4 is 17.3 Å². The van der Waals surface area contributed by atoms with Gasteiger partial charge in [0.2, 0.25) is 0 Å². The maximum absolute atomic E-state index is 14.6. The van der Waals surface area contributed by atoms with E-state index >= 15 is 0 Å². The topological polar surface area (TPSA) is 131 Å². The summed E-state index contributed by atoms with van der Waals surface area (Å²) in [5.74, 6) is 1.80. The Morgan fingerprint density at radius 1 is 1.09 bits per heavy atom. The van der Waals surface area contributed by atoms with Crippen LogP contribution in [-0.2, 0) is 19.1 Å². The first-order chi connectivity index (χ1) is 20.9. The quantitative estimate of drug-likeness (QED) is 0.356. The average molecular weight is 607 g/mol. The van der Waals surface area contributed by atoms with Crippen LogP contribution in [0.5, 0.6) is 5.75 Å². The summed E-state index contributed by atoms with van der Waals surface area (Å²) in [6.45, 7) is 12.2. The molecule has 0 radical (unpaired) electrons. The molecule has 0 bridgehead atoms. The van der Waals surface area contributed by atoms with Crippen molar-refractivity contribution in [2.45, 2.75) is 110 Å². The molecule has 7 rings (SSSR count). The monoisotopic (exact) mass is 606 g/mol. The van der Waals surface area contributed by atoms with Gasteiger partial charge in [-0.05, 0) is 101 Å². The highest BCUT2D eigenvalue weighted by molar-refractivity contribution is 6.24. The smallest absolute Gasteiger partial charge is 0.336 e. The number of esters is 1. The Morgan fingerprint density at radius 2 is 1.82 bits per heavy atom. The van der Waals surface area contributed by atoms with Gasteiger partial charge in [-0.15, -0.1) is 0 Å². The van der Waals surface area contributed by atoms with Crippen LogP contribution >= 0.6 is 0 Å². The van der Waals surface area contributed by atoms with Gasteiger partial charge in [-0.2, -0.15) is 0 Å². The van der Waals surface area contributed by atoms with E-state index in [0.717, 1.165) is 37.7 Å². The fourth-order valence-electron chi connectivity index (χ4n) is 10.8. The number of allylic oxidation sites excluding steroid dienone is 1. The van der Waals surface area contributed by atoms with Gasteiger partial charge in [0.1, 0.15) is 17.8 Å². The first kappa shape index (κ1) is 30.1. The first-order valence-corrected chi connectivity index (χ1v) is 16.5. The minimum absolute atomic E-state index is 0.0170. The van der Waals surface area contributed by atoms with E-state index in [1.54, 1.807) is 18.5 Å². The van der Waals surface area contributed by atoms with E-state index in [1.165, 1.54) is 0 Å². The molecule has 9 nitrogen and oxygen atoms in total. The Kier molecular flexibility index (Phi) is 6.96. The van der Waals surface area contributed by atoms with E-state index in [4.69, 9.17) is 14.2 Å². The van der Waals surface area contributed by atoms with Crippen LogP contribution in [0.15, 0.2) is 29.6 Å². The van der Waals surface area contributed by atoms with Crippen LogP contribution in [-0.4, -0.2) is 68.6 Å². The van der Waals surface area contributed by atoms with Crippen molar-refractivity contribution in [2.24, 2.45) is 40.4 Å². The number of cyclic esters (lactones) is 1. The molecule has 1 saturated heterocycles. The number of rotatable bonds is 6.